The highest BCUT2D eigenvalue weighted by molar-refractivity contribution is 5.88. The van der Waals surface area contributed by atoms with Crippen LogP contribution < -0.4 is 0 Å². The van der Waals surface area contributed by atoms with E-state index in [0.717, 1.165) is 19.0 Å². The highest BCUT2D eigenvalue weighted by atomic mass is 16.4. The van der Waals surface area contributed by atoms with Crippen LogP contribution in [0.5, 0.6) is 5.75 Å². The lowest BCUT2D eigenvalue weighted by Gasteiger charge is -2.30. The van der Waals surface area contributed by atoms with Crippen LogP contribution in [0.25, 0.3) is 0 Å². The molecule has 1 fully saturated rings. The molecule has 1 aliphatic rings. The molecule has 4 heteroatoms. The predicted molar refractivity (Wildman–Crippen MR) is 68.7 cm³/mol. The topological polar surface area (TPSA) is 60.8 Å². The van der Waals surface area contributed by atoms with E-state index in [9.17, 15) is 9.90 Å². The van der Waals surface area contributed by atoms with Gasteiger partial charge in [-0.05, 0) is 50.0 Å². The van der Waals surface area contributed by atoms with Gasteiger partial charge in [0.05, 0.1) is 5.56 Å². The van der Waals surface area contributed by atoms with Gasteiger partial charge in [-0.3, -0.25) is 4.90 Å². The molecule has 18 heavy (non-hydrogen) atoms. The Bertz CT molecular complexity index is 437. The summed E-state index contributed by atoms with van der Waals surface area (Å²) in [6.45, 7) is 4.90. The van der Waals surface area contributed by atoms with Crippen LogP contribution in [0.3, 0.4) is 0 Å². The monoisotopic (exact) mass is 249 g/mol. The van der Waals surface area contributed by atoms with E-state index in [1.807, 2.05) is 0 Å². The van der Waals surface area contributed by atoms with E-state index in [-0.39, 0.29) is 11.3 Å². The Kier molecular flexibility index (Phi) is 3.87. The number of rotatable bonds is 3. The number of hydrogen-bond acceptors (Lipinski definition) is 3. The number of aromatic hydroxyl groups is 1. The number of phenolic OH excluding ortho intramolecular Hbond substituents is 1. The van der Waals surface area contributed by atoms with Crippen LogP contribution in [-0.2, 0) is 6.54 Å². The van der Waals surface area contributed by atoms with Gasteiger partial charge in [0.25, 0.3) is 0 Å². The standard InChI is InChI=1S/C14H19NO3/c1-10-4-6-15(7-5-10)9-12-8-11(14(17)18)2-3-13(12)16/h2-3,8,10,16H,4-7,9H2,1H3,(H,17,18). The number of carboxylic acids is 1. The molecule has 0 unspecified atom stereocenters. The van der Waals surface area contributed by atoms with Crippen molar-refractivity contribution in [2.24, 2.45) is 5.92 Å². The molecule has 1 saturated heterocycles. The van der Waals surface area contributed by atoms with Crippen LogP contribution in [0.4, 0.5) is 0 Å². The largest absolute Gasteiger partial charge is 0.508 e. The molecule has 0 bridgehead atoms. The summed E-state index contributed by atoms with van der Waals surface area (Å²) in [6, 6.07) is 4.46. The molecule has 1 aliphatic heterocycles. The summed E-state index contributed by atoms with van der Waals surface area (Å²) in [6.07, 6.45) is 2.33. The molecule has 98 valence electrons. The van der Waals surface area contributed by atoms with Crippen molar-refractivity contribution in [1.29, 1.82) is 0 Å². The molecule has 1 aromatic carbocycles. The van der Waals surface area contributed by atoms with Crippen molar-refractivity contribution in [2.45, 2.75) is 26.3 Å². The quantitative estimate of drug-likeness (QED) is 0.863. The average Bonchev–Trinajstić information content (AvgIpc) is 2.34. The highest BCUT2D eigenvalue weighted by Gasteiger charge is 2.17. The Morgan fingerprint density at radius 2 is 2.06 bits per heavy atom. The number of carboxylic acid groups (broad SMARTS) is 1. The highest BCUT2D eigenvalue weighted by Crippen LogP contribution is 2.23. The molecular weight excluding hydrogens is 230 g/mol. The van der Waals surface area contributed by atoms with E-state index < -0.39 is 5.97 Å². The van der Waals surface area contributed by atoms with Gasteiger partial charge in [-0.1, -0.05) is 6.92 Å². The average molecular weight is 249 g/mol. The first kappa shape index (κ1) is 12.9. The van der Waals surface area contributed by atoms with Crippen LogP contribution >= 0.6 is 0 Å². The van der Waals surface area contributed by atoms with Gasteiger partial charge in [0, 0.05) is 12.1 Å². The Morgan fingerprint density at radius 3 is 2.67 bits per heavy atom. The first-order chi connectivity index (χ1) is 8.56. The molecule has 2 rings (SSSR count). The van der Waals surface area contributed by atoms with Crippen molar-refractivity contribution in [3.8, 4) is 5.75 Å². The Hall–Kier alpha value is -1.55. The van der Waals surface area contributed by atoms with Crippen molar-refractivity contribution in [2.75, 3.05) is 13.1 Å². The summed E-state index contributed by atoms with van der Waals surface area (Å²) >= 11 is 0. The molecule has 1 heterocycles. The van der Waals surface area contributed by atoms with Crippen LogP contribution in [0.2, 0.25) is 0 Å². The fourth-order valence-corrected chi connectivity index (χ4v) is 2.31. The van der Waals surface area contributed by atoms with Crippen LogP contribution in [0.15, 0.2) is 18.2 Å². The second-order valence-electron chi connectivity index (χ2n) is 5.11. The Balaban J connectivity index is 2.08. The third kappa shape index (κ3) is 3.01. The number of nitrogens with zero attached hydrogens (tertiary/aromatic N) is 1. The maximum atomic E-state index is 10.9. The number of phenols is 1. The lowest BCUT2D eigenvalue weighted by molar-refractivity contribution is 0.0696. The molecule has 0 saturated carbocycles. The third-order valence-electron chi connectivity index (χ3n) is 3.60. The second-order valence-corrected chi connectivity index (χ2v) is 5.11. The number of likely N-dealkylation sites (tertiary alicyclic amines) is 1. The Morgan fingerprint density at radius 1 is 1.39 bits per heavy atom. The molecule has 0 aliphatic carbocycles. The summed E-state index contributed by atoms with van der Waals surface area (Å²) in [4.78, 5) is 13.2. The van der Waals surface area contributed by atoms with E-state index in [0.29, 0.717) is 12.1 Å². The molecular formula is C14H19NO3. The van der Waals surface area contributed by atoms with Crippen molar-refractivity contribution < 1.29 is 15.0 Å². The van der Waals surface area contributed by atoms with Gasteiger partial charge >= 0.3 is 5.97 Å². The summed E-state index contributed by atoms with van der Waals surface area (Å²) < 4.78 is 0. The van der Waals surface area contributed by atoms with E-state index >= 15 is 0 Å². The minimum atomic E-state index is -0.955. The van der Waals surface area contributed by atoms with Gasteiger partial charge in [-0.25, -0.2) is 4.79 Å². The van der Waals surface area contributed by atoms with Crippen molar-refractivity contribution >= 4 is 5.97 Å². The smallest absolute Gasteiger partial charge is 0.335 e. The summed E-state index contributed by atoms with van der Waals surface area (Å²) in [5, 5.41) is 18.7. The zero-order valence-electron chi connectivity index (χ0n) is 10.6. The molecule has 4 nitrogen and oxygen atoms in total. The van der Waals surface area contributed by atoms with E-state index in [2.05, 4.69) is 11.8 Å². The van der Waals surface area contributed by atoms with Gasteiger partial charge in [0.15, 0.2) is 0 Å². The fraction of sp³-hybridized carbons (Fsp3) is 0.500. The summed E-state index contributed by atoms with van der Waals surface area (Å²) in [5.41, 5.74) is 0.928. The summed E-state index contributed by atoms with van der Waals surface area (Å²) in [7, 11) is 0. The van der Waals surface area contributed by atoms with Crippen molar-refractivity contribution in [3.05, 3.63) is 29.3 Å². The third-order valence-corrected chi connectivity index (χ3v) is 3.60. The van der Waals surface area contributed by atoms with Crippen LogP contribution in [0.1, 0.15) is 35.7 Å². The number of benzene rings is 1. The summed E-state index contributed by atoms with van der Waals surface area (Å²) in [5.74, 6) is -0.0117. The number of carbonyl (C=O) groups is 1. The van der Waals surface area contributed by atoms with Crippen LogP contribution in [0, 0.1) is 5.92 Å². The number of piperidine rings is 1. The Labute approximate surface area is 107 Å². The normalized spacial score (nSPS) is 17.8. The maximum absolute atomic E-state index is 10.9. The second kappa shape index (κ2) is 5.40. The number of hydrogen-bond donors (Lipinski definition) is 2. The van der Waals surface area contributed by atoms with Crippen molar-refractivity contribution in [1.82, 2.24) is 4.90 Å². The van der Waals surface area contributed by atoms with Gasteiger partial charge < -0.3 is 10.2 Å². The zero-order chi connectivity index (χ0) is 13.1. The maximum Gasteiger partial charge on any atom is 0.335 e. The van der Waals surface area contributed by atoms with Crippen molar-refractivity contribution in [3.63, 3.8) is 0 Å². The van der Waals surface area contributed by atoms with E-state index in [1.54, 1.807) is 6.07 Å². The molecule has 1 aromatic rings. The van der Waals surface area contributed by atoms with Gasteiger partial charge in [0.1, 0.15) is 5.75 Å². The van der Waals surface area contributed by atoms with Crippen LogP contribution in [-0.4, -0.2) is 34.2 Å². The SMILES string of the molecule is CC1CCN(Cc2cc(C(=O)O)ccc2O)CC1. The number of aromatic carboxylic acids is 1. The predicted octanol–water partition coefficient (Wildman–Crippen LogP) is 2.32. The first-order valence-electron chi connectivity index (χ1n) is 6.34. The molecule has 2 N–H and O–H groups in total. The lowest BCUT2D eigenvalue weighted by atomic mass is 9.98. The van der Waals surface area contributed by atoms with Gasteiger partial charge in [-0.15, -0.1) is 0 Å². The van der Waals surface area contributed by atoms with Gasteiger partial charge in [-0.2, -0.15) is 0 Å². The molecule has 0 atom stereocenters. The zero-order valence-corrected chi connectivity index (χ0v) is 10.6. The minimum absolute atomic E-state index is 0.179. The first-order valence-corrected chi connectivity index (χ1v) is 6.34. The molecule has 0 amide bonds. The molecule has 0 radical (unpaired) electrons. The molecule has 0 aromatic heterocycles. The lowest BCUT2D eigenvalue weighted by Crippen LogP contribution is -2.32. The van der Waals surface area contributed by atoms with E-state index in [4.69, 9.17) is 5.11 Å². The minimum Gasteiger partial charge on any atom is -0.508 e. The van der Waals surface area contributed by atoms with E-state index in [1.165, 1.54) is 25.0 Å². The van der Waals surface area contributed by atoms with Gasteiger partial charge in [0.2, 0.25) is 0 Å². The molecule has 0 spiro atoms. The fourth-order valence-electron chi connectivity index (χ4n) is 2.31.